The molecule has 0 aromatic rings. The molecule has 140 valence electrons. The van der Waals surface area contributed by atoms with E-state index in [0.717, 1.165) is 0 Å². The number of carboxylic acids is 1. The summed E-state index contributed by atoms with van der Waals surface area (Å²) in [4.78, 5) is 36.4. The molecule has 8 heteroatoms. The summed E-state index contributed by atoms with van der Waals surface area (Å²) in [6.45, 7) is 10.1. The number of unbranched alkanes of at least 4 members (excludes halogenated alkanes) is 1. The number of nitrogens with one attached hydrogen (secondary N) is 1. The molecule has 0 rings (SSSR count). The van der Waals surface area contributed by atoms with E-state index in [1.807, 2.05) is 0 Å². The number of rotatable bonds is 7. The number of esters is 1. The lowest BCUT2D eigenvalue weighted by Gasteiger charge is -2.32. The predicted molar refractivity (Wildman–Crippen MR) is 88.5 cm³/mol. The second kappa shape index (κ2) is 8.32. The fraction of sp³-hybridized carbons (Fsp3) is 0.812. The Kier molecular flexibility index (Phi) is 7.69. The van der Waals surface area contributed by atoms with Crippen LogP contribution >= 0.6 is 0 Å². The van der Waals surface area contributed by atoms with Crippen LogP contribution in [0.3, 0.4) is 0 Å². The van der Waals surface area contributed by atoms with Crippen molar-refractivity contribution in [2.24, 2.45) is 5.73 Å². The van der Waals surface area contributed by atoms with E-state index < -0.39 is 34.8 Å². The van der Waals surface area contributed by atoms with Crippen LogP contribution in [0, 0.1) is 0 Å². The summed E-state index contributed by atoms with van der Waals surface area (Å²) in [6, 6.07) is 0. The van der Waals surface area contributed by atoms with E-state index in [9.17, 15) is 19.5 Å². The number of hydrogen-bond acceptors (Lipinski definition) is 6. The molecule has 0 radical (unpaired) electrons. The van der Waals surface area contributed by atoms with Gasteiger partial charge in [-0.2, -0.15) is 0 Å². The molecule has 0 aliphatic rings. The second-order valence-electron chi connectivity index (χ2n) is 7.59. The number of aliphatic carboxylic acids is 1. The standard InChI is InChI=1S/C16H30N2O6/c1-14(2,3)23-12(21)16(11(19)20,9-7-8-10-17)18-13(22)24-15(4,5)6/h7-10,17H2,1-6H3,(H,18,22)(H,19,20)/t16-/m1/s1. The monoisotopic (exact) mass is 346 g/mol. The molecule has 0 saturated heterocycles. The Bertz CT molecular complexity index is 464. The Morgan fingerprint density at radius 1 is 0.958 bits per heavy atom. The molecule has 0 bridgehead atoms. The van der Waals surface area contributed by atoms with E-state index in [-0.39, 0.29) is 6.42 Å². The van der Waals surface area contributed by atoms with Gasteiger partial charge in [0.1, 0.15) is 11.2 Å². The molecule has 4 N–H and O–H groups in total. The van der Waals surface area contributed by atoms with Gasteiger partial charge in [0.2, 0.25) is 5.54 Å². The fourth-order valence-electron chi connectivity index (χ4n) is 1.84. The van der Waals surface area contributed by atoms with E-state index in [2.05, 4.69) is 5.32 Å². The molecule has 1 amide bonds. The molecule has 24 heavy (non-hydrogen) atoms. The van der Waals surface area contributed by atoms with Gasteiger partial charge in [-0.1, -0.05) is 0 Å². The average Bonchev–Trinajstić information content (AvgIpc) is 2.32. The molecular formula is C16H30N2O6. The number of nitrogens with two attached hydrogens (primary N) is 1. The summed E-state index contributed by atoms with van der Waals surface area (Å²) >= 11 is 0. The van der Waals surface area contributed by atoms with Crippen molar-refractivity contribution in [3.8, 4) is 0 Å². The Morgan fingerprint density at radius 3 is 1.83 bits per heavy atom. The smallest absolute Gasteiger partial charge is 0.409 e. The molecule has 0 aliphatic carbocycles. The molecule has 0 aliphatic heterocycles. The highest BCUT2D eigenvalue weighted by molar-refractivity contribution is 6.06. The molecular weight excluding hydrogens is 316 g/mol. The summed E-state index contributed by atoms with van der Waals surface area (Å²) in [5.41, 5.74) is 1.47. The van der Waals surface area contributed by atoms with Gasteiger partial charge in [-0.15, -0.1) is 0 Å². The third-order valence-corrected chi connectivity index (χ3v) is 2.83. The number of carbonyl (C=O) groups is 3. The van der Waals surface area contributed by atoms with Gasteiger partial charge in [0.15, 0.2) is 0 Å². The summed E-state index contributed by atoms with van der Waals surface area (Å²) in [7, 11) is 0. The molecule has 0 heterocycles. The number of carbonyl (C=O) groups excluding carboxylic acids is 2. The number of hydrogen-bond donors (Lipinski definition) is 3. The first-order valence-corrected chi connectivity index (χ1v) is 7.91. The van der Waals surface area contributed by atoms with Crippen molar-refractivity contribution >= 4 is 18.0 Å². The van der Waals surface area contributed by atoms with Crippen molar-refractivity contribution in [3.63, 3.8) is 0 Å². The number of ether oxygens (including phenoxy) is 2. The van der Waals surface area contributed by atoms with E-state index in [4.69, 9.17) is 15.2 Å². The first-order valence-electron chi connectivity index (χ1n) is 7.91. The van der Waals surface area contributed by atoms with Crippen molar-refractivity contribution in [1.29, 1.82) is 0 Å². The predicted octanol–water partition coefficient (Wildman–Crippen LogP) is 1.81. The van der Waals surface area contributed by atoms with Crippen LogP contribution in [0.1, 0.15) is 60.8 Å². The Balaban J connectivity index is 5.54. The van der Waals surface area contributed by atoms with Crippen LogP contribution in [0.15, 0.2) is 0 Å². The molecule has 8 nitrogen and oxygen atoms in total. The lowest BCUT2D eigenvalue weighted by molar-refractivity contribution is -0.171. The highest BCUT2D eigenvalue weighted by Gasteiger charge is 2.50. The fourth-order valence-corrected chi connectivity index (χ4v) is 1.84. The number of amides is 1. The largest absolute Gasteiger partial charge is 0.479 e. The van der Waals surface area contributed by atoms with Crippen LogP contribution in [-0.4, -0.2) is 46.4 Å². The van der Waals surface area contributed by atoms with Crippen LogP contribution in [0.5, 0.6) is 0 Å². The van der Waals surface area contributed by atoms with Gasteiger partial charge < -0.3 is 20.3 Å². The minimum atomic E-state index is -2.22. The van der Waals surface area contributed by atoms with E-state index in [1.54, 1.807) is 41.5 Å². The Labute approximate surface area is 143 Å². The summed E-state index contributed by atoms with van der Waals surface area (Å²) in [5, 5.41) is 11.8. The normalized spacial score (nSPS) is 14.5. The lowest BCUT2D eigenvalue weighted by atomic mass is 9.92. The van der Waals surface area contributed by atoms with Crippen molar-refractivity contribution in [3.05, 3.63) is 0 Å². The third kappa shape index (κ3) is 7.63. The molecule has 0 spiro atoms. The van der Waals surface area contributed by atoms with Crippen LogP contribution in [0.25, 0.3) is 0 Å². The average molecular weight is 346 g/mol. The quantitative estimate of drug-likeness (QED) is 0.364. The van der Waals surface area contributed by atoms with Crippen LogP contribution in [0.4, 0.5) is 4.79 Å². The van der Waals surface area contributed by atoms with Gasteiger partial charge in [-0.3, -0.25) is 5.32 Å². The summed E-state index contributed by atoms with van der Waals surface area (Å²) in [5.74, 6) is -2.54. The van der Waals surface area contributed by atoms with Crippen molar-refractivity contribution in [2.45, 2.75) is 77.5 Å². The minimum absolute atomic E-state index is 0.145. The second-order valence-corrected chi connectivity index (χ2v) is 7.59. The molecule has 0 aromatic heterocycles. The van der Waals surface area contributed by atoms with Crippen LogP contribution in [-0.2, 0) is 19.1 Å². The summed E-state index contributed by atoms with van der Waals surface area (Å²) in [6.07, 6.45) is -0.303. The maximum absolute atomic E-state index is 12.5. The van der Waals surface area contributed by atoms with E-state index in [1.165, 1.54) is 0 Å². The van der Waals surface area contributed by atoms with Crippen molar-refractivity contribution in [2.75, 3.05) is 6.54 Å². The molecule has 0 fully saturated rings. The Morgan fingerprint density at radius 2 is 1.46 bits per heavy atom. The van der Waals surface area contributed by atoms with E-state index in [0.29, 0.717) is 19.4 Å². The molecule has 0 unspecified atom stereocenters. The van der Waals surface area contributed by atoms with Crippen LogP contribution in [0.2, 0.25) is 0 Å². The van der Waals surface area contributed by atoms with Gasteiger partial charge >= 0.3 is 18.0 Å². The first-order chi connectivity index (χ1) is 10.7. The van der Waals surface area contributed by atoms with E-state index >= 15 is 0 Å². The van der Waals surface area contributed by atoms with Gasteiger partial charge in [0.25, 0.3) is 0 Å². The number of alkyl carbamates (subject to hydrolysis) is 1. The molecule has 1 atom stereocenters. The van der Waals surface area contributed by atoms with Gasteiger partial charge in [0, 0.05) is 0 Å². The highest BCUT2D eigenvalue weighted by Crippen LogP contribution is 2.22. The first kappa shape index (κ1) is 22.2. The maximum atomic E-state index is 12.5. The summed E-state index contributed by atoms with van der Waals surface area (Å²) < 4.78 is 10.3. The molecule has 0 saturated carbocycles. The van der Waals surface area contributed by atoms with Gasteiger partial charge in [-0.25, -0.2) is 14.4 Å². The van der Waals surface area contributed by atoms with Crippen molar-refractivity contribution < 1.29 is 29.0 Å². The van der Waals surface area contributed by atoms with Crippen LogP contribution < -0.4 is 11.1 Å². The van der Waals surface area contributed by atoms with Crippen molar-refractivity contribution in [1.82, 2.24) is 5.32 Å². The highest BCUT2D eigenvalue weighted by atomic mass is 16.6. The minimum Gasteiger partial charge on any atom is -0.479 e. The number of carboxylic acid groups (broad SMARTS) is 1. The maximum Gasteiger partial charge on any atom is 0.409 e. The molecule has 0 aromatic carbocycles. The lowest BCUT2D eigenvalue weighted by Crippen LogP contribution is -2.62. The Hall–Kier alpha value is -1.83. The topological polar surface area (TPSA) is 128 Å². The van der Waals surface area contributed by atoms with Gasteiger partial charge in [0.05, 0.1) is 0 Å². The SMILES string of the molecule is CC(C)(C)OC(=O)N[C@](CCCCN)(C(=O)O)C(=O)OC(C)(C)C. The zero-order valence-corrected chi connectivity index (χ0v) is 15.4. The van der Waals surface area contributed by atoms with Gasteiger partial charge in [-0.05, 0) is 67.3 Å². The zero-order valence-electron chi connectivity index (χ0n) is 15.4. The zero-order chi connectivity index (χ0) is 19.2. The third-order valence-electron chi connectivity index (χ3n) is 2.83.